The van der Waals surface area contributed by atoms with Crippen molar-refractivity contribution in [1.29, 1.82) is 0 Å². The first-order valence-corrected chi connectivity index (χ1v) is 7.53. The van der Waals surface area contributed by atoms with E-state index in [-0.39, 0.29) is 0 Å². The van der Waals surface area contributed by atoms with Crippen LogP contribution in [0.4, 0.5) is 11.8 Å². The van der Waals surface area contributed by atoms with Gasteiger partial charge in [0.05, 0.1) is 0 Å². The van der Waals surface area contributed by atoms with Gasteiger partial charge in [-0.15, -0.1) is 0 Å². The van der Waals surface area contributed by atoms with Crippen molar-refractivity contribution in [2.75, 3.05) is 41.5 Å². The second-order valence-corrected chi connectivity index (χ2v) is 6.02. The summed E-state index contributed by atoms with van der Waals surface area (Å²) >= 11 is 4.09. The van der Waals surface area contributed by atoms with Crippen LogP contribution in [0, 0.1) is 0 Å². The van der Waals surface area contributed by atoms with E-state index in [0.717, 1.165) is 12.4 Å². The van der Waals surface area contributed by atoms with Crippen LogP contribution in [0.25, 0.3) is 0 Å². The molecule has 1 aromatic heterocycles. The largest absolute Gasteiger partial charge is 0.369 e. The number of aromatic nitrogens is 2. The second kappa shape index (κ2) is 6.20. The number of thioether (sulfide) groups is 2. The summed E-state index contributed by atoms with van der Waals surface area (Å²) in [7, 11) is 1.83. The summed E-state index contributed by atoms with van der Waals surface area (Å²) in [5.74, 6) is 5.36. The highest BCUT2D eigenvalue weighted by Crippen LogP contribution is 2.24. The van der Waals surface area contributed by atoms with Gasteiger partial charge in [0.2, 0.25) is 5.95 Å². The van der Waals surface area contributed by atoms with Gasteiger partial charge >= 0.3 is 0 Å². The zero-order valence-corrected chi connectivity index (χ0v) is 10.9. The van der Waals surface area contributed by atoms with Crippen LogP contribution >= 0.6 is 23.5 Å². The Kier molecular flexibility index (Phi) is 4.59. The van der Waals surface area contributed by atoms with Crippen molar-refractivity contribution < 1.29 is 0 Å². The highest BCUT2D eigenvalue weighted by Gasteiger charge is 2.13. The van der Waals surface area contributed by atoms with Crippen LogP contribution in [0.15, 0.2) is 12.3 Å². The van der Waals surface area contributed by atoms with Crippen molar-refractivity contribution >= 4 is 35.3 Å². The molecule has 1 aliphatic rings. The van der Waals surface area contributed by atoms with Gasteiger partial charge in [-0.25, -0.2) is 4.98 Å². The first-order chi connectivity index (χ1) is 7.88. The molecule has 1 aromatic rings. The Morgan fingerprint density at radius 3 is 3.19 bits per heavy atom. The first-order valence-electron chi connectivity index (χ1n) is 5.32. The van der Waals surface area contributed by atoms with Crippen LogP contribution in [0.1, 0.15) is 0 Å². The maximum Gasteiger partial charge on any atom is 0.224 e. The van der Waals surface area contributed by atoms with Crippen LogP contribution in [0.5, 0.6) is 0 Å². The molecule has 2 N–H and O–H groups in total. The number of rotatable bonds is 4. The Hall–Kier alpha value is -0.620. The number of hydrogen-bond acceptors (Lipinski definition) is 6. The van der Waals surface area contributed by atoms with Gasteiger partial charge in [0.15, 0.2) is 0 Å². The topological polar surface area (TPSA) is 49.8 Å². The fraction of sp³-hybridized carbons (Fsp3) is 0.600. The Labute approximate surface area is 104 Å². The number of hydrogen-bond donors (Lipinski definition) is 2. The molecule has 1 fully saturated rings. The molecular formula is C10H16N4S2. The van der Waals surface area contributed by atoms with E-state index in [1.54, 1.807) is 6.20 Å². The number of nitrogens with one attached hydrogen (secondary N) is 2. The predicted molar refractivity (Wildman–Crippen MR) is 73.6 cm³/mol. The molecule has 1 saturated heterocycles. The molecule has 1 unspecified atom stereocenters. The van der Waals surface area contributed by atoms with Crippen molar-refractivity contribution in [1.82, 2.24) is 9.97 Å². The van der Waals surface area contributed by atoms with Crippen LogP contribution in [0.2, 0.25) is 0 Å². The lowest BCUT2D eigenvalue weighted by Gasteiger charge is -2.21. The quantitative estimate of drug-likeness (QED) is 0.856. The minimum atomic E-state index is 0.663. The summed E-state index contributed by atoms with van der Waals surface area (Å²) in [6.07, 6.45) is 1.77. The molecule has 0 spiro atoms. The zero-order valence-electron chi connectivity index (χ0n) is 9.27. The van der Waals surface area contributed by atoms with Gasteiger partial charge in [0.25, 0.3) is 0 Å². The predicted octanol–water partition coefficient (Wildman–Crippen LogP) is 1.78. The van der Waals surface area contributed by atoms with E-state index in [1.807, 2.05) is 24.9 Å². The monoisotopic (exact) mass is 256 g/mol. The molecule has 0 saturated carbocycles. The van der Waals surface area contributed by atoms with Gasteiger partial charge in [-0.05, 0) is 6.07 Å². The molecular weight excluding hydrogens is 240 g/mol. The van der Waals surface area contributed by atoms with Crippen molar-refractivity contribution in [3.63, 3.8) is 0 Å². The molecule has 88 valence electrons. The Bertz CT molecular complexity index is 328. The maximum absolute atomic E-state index is 4.33. The van der Waals surface area contributed by atoms with Crippen LogP contribution in [-0.4, -0.2) is 46.1 Å². The molecule has 0 radical (unpaired) electrons. The molecule has 0 amide bonds. The van der Waals surface area contributed by atoms with E-state index < -0.39 is 0 Å². The summed E-state index contributed by atoms with van der Waals surface area (Å²) < 4.78 is 0. The fourth-order valence-electron chi connectivity index (χ4n) is 1.45. The van der Waals surface area contributed by atoms with Gasteiger partial charge in [0, 0.05) is 42.3 Å². The van der Waals surface area contributed by atoms with E-state index >= 15 is 0 Å². The minimum Gasteiger partial charge on any atom is -0.369 e. The highest BCUT2D eigenvalue weighted by molar-refractivity contribution is 8.06. The van der Waals surface area contributed by atoms with E-state index in [9.17, 15) is 0 Å². The molecule has 0 aromatic carbocycles. The van der Waals surface area contributed by atoms with Crippen LogP contribution < -0.4 is 10.6 Å². The molecule has 16 heavy (non-hydrogen) atoms. The van der Waals surface area contributed by atoms with E-state index in [2.05, 4.69) is 32.4 Å². The summed E-state index contributed by atoms with van der Waals surface area (Å²) in [5, 5.41) is 7.00. The second-order valence-electron chi connectivity index (χ2n) is 3.46. The molecule has 2 heterocycles. The zero-order chi connectivity index (χ0) is 11.2. The third kappa shape index (κ3) is 3.45. The lowest BCUT2D eigenvalue weighted by atomic mass is 10.4. The summed E-state index contributed by atoms with van der Waals surface area (Å²) in [6.45, 7) is 0.984. The summed E-state index contributed by atoms with van der Waals surface area (Å²) in [4.78, 5) is 8.41. The van der Waals surface area contributed by atoms with Crippen LogP contribution in [0.3, 0.4) is 0 Å². The standard InChI is InChI=1S/C10H16N4S2/c1-11-10-12-3-2-9(14-10)13-6-8-7-15-4-5-16-8/h2-3,8H,4-7H2,1H3,(H2,11,12,13,14). The fourth-order valence-corrected chi connectivity index (χ4v) is 4.06. The van der Waals surface area contributed by atoms with Gasteiger partial charge < -0.3 is 10.6 Å². The number of nitrogens with zero attached hydrogens (tertiary/aromatic N) is 2. The van der Waals surface area contributed by atoms with Crippen molar-refractivity contribution in [2.45, 2.75) is 5.25 Å². The van der Waals surface area contributed by atoms with Crippen molar-refractivity contribution in [3.05, 3.63) is 12.3 Å². The average molecular weight is 256 g/mol. The number of anilines is 2. The van der Waals surface area contributed by atoms with Gasteiger partial charge in [0.1, 0.15) is 5.82 Å². The third-order valence-corrected chi connectivity index (χ3v) is 5.12. The molecule has 2 rings (SSSR count). The van der Waals surface area contributed by atoms with Gasteiger partial charge in [-0.2, -0.15) is 28.5 Å². The average Bonchev–Trinajstić information content (AvgIpc) is 2.38. The minimum absolute atomic E-state index is 0.663. The molecule has 1 aliphatic heterocycles. The SMILES string of the molecule is CNc1nccc(NCC2CSCCS2)n1. The lowest BCUT2D eigenvalue weighted by Crippen LogP contribution is -2.23. The highest BCUT2D eigenvalue weighted by atomic mass is 32.2. The molecule has 0 aliphatic carbocycles. The molecule has 0 bridgehead atoms. The smallest absolute Gasteiger partial charge is 0.224 e. The Balaban J connectivity index is 1.83. The van der Waals surface area contributed by atoms with Crippen LogP contribution in [-0.2, 0) is 0 Å². The van der Waals surface area contributed by atoms with E-state index in [4.69, 9.17) is 0 Å². The van der Waals surface area contributed by atoms with Crippen molar-refractivity contribution in [2.24, 2.45) is 0 Å². The maximum atomic E-state index is 4.33. The Morgan fingerprint density at radius 2 is 2.44 bits per heavy atom. The summed E-state index contributed by atoms with van der Waals surface area (Å²) in [5.41, 5.74) is 0. The molecule has 1 atom stereocenters. The normalized spacial score (nSPS) is 20.4. The first kappa shape index (κ1) is 11.9. The van der Waals surface area contributed by atoms with Crippen molar-refractivity contribution in [3.8, 4) is 0 Å². The summed E-state index contributed by atoms with van der Waals surface area (Å²) in [6, 6.07) is 1.90. The molecule has 4 nitrogen and oxygen atoms in total. The Morgan fingerprint density at radius 1 is 1.50 bits per heavy atom. The lowest BCUT2D eigenvalue weighted by molar-refractivity contribution is 0.988. The molecule has 6 heteroatoms. The van der Waals surface area contributed by atoms with Gasteiger partial charge in [-0.3, -0.25) is 0 Å². The van der Waals surface area contributed by atoms with E-state index in [0.29, 0.717) is 11.2 Å². The van der Waals surface area contributed by atoms with E-state index in [1.165, 1.54) is 17.3 Å². The van der Waals surface area contributed by atoms with Gasteiger partial charge in [-0.1, -0.05) is 0 Å². The third-order valence-electron chi connectivity index (χ3n) is 2.28.